The molecule has 1 rings (SSSR count). The third-order valence-electron chi connectivity index (χ3n) is 3.11. The first-order valence-electron chi connectivity index (χ1n) is 6.17. The standard InChI is InChI=1S/C13H21NO5S/c1-13(8-15,9-16)14-7-12(17)10-3-5-11(6-4-10)20(2,18)19/h3-6,12,14-17H,7-9H2,1-2H3. The third kappa shape index (κ3) is 4.53. The van der Waals surface area contributed by atoms with Crippen LogP contribution in [-0.4, -0.2) is 55.3 Å². The molecule has 20 heavy (non-hydrogen) atoms. The molecule has 1 atom stereocenters. The van der Waals surface area contributed by atoms with E-state index in [9.17, 15) is 13.5 Å². The van der Waals surface area contributed by atoms with Gasteiger partial charge in [0.15, 0.2) is 9.84 Å². The maximum Gasteiger partial charge on any atom is 0.175 e. The molecule has 0 radical (unpaired) electrons. The lowest BCUT2D eigenvalue weighted by atomic mass is 10.0. The van der Waals surface area contributed by atoms with Gasteiger partial charge in [0, 0.05) is 12.8 Å². The fraction of sp³-hybridized carbons (Fsp3) is 0.538. The second kappa shape index (κ2) is 6.64. The van der Waals surface area contributed by atoms with E-state index in [0.717, 1.165) is 6.26 Å². The van der Waals surface area contributed by atoms with Crippen molar-refractivity contribution in [1.29, 1.82) is 0 Å². The van der Waals surface area contributed by atoms with Gasteiger partial charge in [-0.1, -0.05) is 12.1 Å². The summed E-state index contributed by atoms with van der Waals surface area (Å²) in [6, 6.07) is 5.95. The molecule has 4 N–H and O–H groups in total. The van der Waals surface area contributed by atoms with E-state index < -0.39 is 21.5 Å². The van der Waals surface area contributed by atoms with Gasteiger partial charge in [-0.25, -0.2) is 8.42 Å². The highest BCUT2D eigenvalue weighted by Gasteiger charge is 2.23. The first-order chi connectivity index (χ1) is 9.22. The highest BCUT2D eigenvalue weighted by molar-refractivity contribution is 7.90. The molecule has 0 aromatic heterocycles. The van der Waals surface area contributed by atoms with Crippen LogP contribution in [0, 0.1) is 0 Å². The zero-order chi connectivity index (χ0) is 15.4. The van der Waals surface area contributed by atoms with Crippen LogP contribution >= 0.6 is 0 Å². The van der Waals surface area contributed by atoms with Gasteiger partial charge in [0.1, 0.15) is 0 Å². The Morgan fingerprint density at radius 2 is 1.70 bits per heavy atom. The number of aliphatic hydroxyl groups excluding tert-OH is 3. The predicted octanol–water partition coefficient (Wildman–Crippen LogP) is -0.544. The minimum atomic E-state index is -3.25. The Balaban J connectivity index is 2.72. The molecule has 0 aliphatic carbocycles. The molecule has 0 heterocycles. The van der Waals surface area contributed by atoms with Crippen molar-refractivity contribution in [1.82, 2.24) is 5.32 Å². The van der Waals surface area contributed by atoms with Crippen LogP contribution in [-0.2, 0) is 9.84 Å². The van der Waals surface area contributed by atoms with E-state index in [1.807, 2.05) is 0 Å². The van der Waals surface area contributed by atoms with Crippen LogP contribution in [0.4, 0.5) is 0 Å². The lowest BCUT2D eigenvalue weighted by Crippen LogP contribution is -2.50. The van der Waals surface area contributed by atoms with Gasteiger partial charge < -0.3 is 20.6 Å². The molecule has 0 aliphatic rings. The number of rotatable bonds is 7. The molecule has 0 amide bonds. The second-order valence-electron chi connectivity index (χ2n) is 5.11. The summed E-state index contributed by atoms with van der Waals surface area (Å²) >= 11 is 0. The second-order valence-corrected chi connectivity index (χ2v) is 7.13. The van der Waals surface area contributed by atoms with Crippen molar-refractivity contribution in [3.05, 3.63) is 29.8 Å². The maximum absolute atomic E-state index is 11.3. The Kier molecular flexibility index (Phi) is 5.67. The van der Waals surface area contributed by atoms with E-state index in [-0.39, 0.29) is 24.7 Å². The molecule has 1 aromatic carbocycles. The maximum atomic E-state index is 11.3. The van der Waals surface area contributed by atoms with E-state index >= 15 is 0 Å². The molecule has 1 aromatic rings. The molecule has 114 valence electrons. The van der Waals surface area contributed by atoms with Crippen LogP contribution < -0.4 is 5.32 Å². The van der Waals surface area contributed by atoms with Crippen molar-refractivity contribution in [2.24, 2.45) is 0 Å². The Hall–Kier alpha value is -0.990. The minimum absolute atomic E-state index is 0.135. The monoisotopic (exact) mass is 303 g/mol. The van der Waals surface area contributed by atoms with Gasteiger partial charge in [-0.05, 0) is 24.6 Å². The van der Waals surface area contributed by atoms with Crippen LogP contribution in [0.25, 0.3) is 0 Å². The molecule has 0 spiro atoms. The first-order valence-corrected chi connectivity index (χ1v) is 8.06. The normalized spacial score (nSPS) is 14.2. The molecular weight excluding hydrogens is 282 g/mol. The van der Waals surface area contributed by atoms with Gasteiger partial charge in [-0.3, -0.25) is 0 Å². The molecule has 0 saturated carbocycles. The number of hydrogen-bond donors (Lipinski definition) is 4. The van der Waals surface area contributed by atoms with Crippen molar-refractivity contribution < 1.29 is 23.7 Å². The van der Waals surface area contributed by atoms with E-state index in [2.05, 4.69) is 5.32 Å². The van der Waals surface area contributed by atoms with E-state index in [4.69, 9.17) is 10.2 Å². The number of hydrogen-bond acceptors (Lipinski definition) is 6. The van der Waals surface area contributed by atoms with Crippen molar-refractivity contribution in [3.63, 3.8) is 0 Å². The molecule has 0 fully saturated rings. The quantitative estimate of drug-likeness (QED) is 0.539. The Morgan fingerprint density at radius 3 is 2.10 bits per heavy atom. The number of β-amino-alcohol motifs (C(OH)–C–C–N with tert-alkyl or cyclic N) is 1. The number of benzene rings is 1. The summed E-state index contributed by atoms with van der Waals surface area (Å²) in [7, 11) is -3.25. The van der Waals surface area contributed by atoms with Gasteiger partial charge in [0.2, 0.25) is 0 Å². The molecule has 1 unspecified atom stereocenters. The fourth-order valence-electron chi connectivity index (χ4n) is 1.56. The van der Waals surface area contributed by atoms with Crippen molar-refractivity contribution in [2.75, 3.05) is 26.0 Å². The van der Waals surface area contributed by atoms with E-state index in [1.54, 1.807) is 6.92 Å². The summed E-state index contributed by atoms with van der Waals surface area (Å²) in [6.07, 6.45) is 0.259. The predicted molar refractivity (Wildman–Crippen MR) is 75.1 cm³/mol. The third-order valence-corrected chi connectivity index (χ3v) is 4.24. The van der Waals surface area contributed by atoms with Crippen molar-refractivity contribution in [2.45, 2.75) is 23.5 Å². The average Bonchev–Trinajstić information content (AvgIpc) is 2.43. The SMILES string of the molecule is CC(CO)(CO)NCC(O)c1ccc(S(C)(=O)=O)cc1. The summed E-state index contributed by atoms with van der Waals surface area (Å²) < 4.78 is 22.6. The first kappa shape index (κ1) is 17.1. The largest absolute Gasteiger partial charge is 0.394 e. The van der Waals surface area contributed by atoms with Gasteiger partial charge >= 0.3 is 0 Å². The summed E-state index contributed by atoms with van der Waals surface area (Å²) in [5, 5.41) is 31.1. The summed E-state index contributed by atoms with van der Waals surface area (Å²) in [6.45, 7) is 1.24. The minimum Gasteiger partial charge on any atom is -0.394 e. The van der Waals surface area contributed by atoms with Gasteiger partial charge in [-0.2, -0.15) is 0 Å². The van der Waals surface area contributed by atoms with Crippen LogP contribution in [0.15, 0.2) is 29.2 Å². The topological polar surface area (TPSA) is 107 Å². The Bertz CT molecular complexity index is 522. The molecule has 0 bridgehead atoms. The van der Waals surface area contributed by atoms with Crippen LogP contribution in [0.3, 0.4) is 0 Å². The van der Waals surface area contributed by atoms with Crippen molar-refractivity contribution >= 4 is 9.84 Å². The van der Waals surface area contributed by atoms with E-state index in [1.165, 1.54) is 24.3 Å². The molecule has 0 aliphatic heterocycles. The zero-order valence-corrected chi connectivity index (χ0v) is 12.4. The number of aliphatic hydroxyl groups is 3. The van der Waals surface area contributed by atoms with Gasteiger partial charge in [-0.15, -0.1) is 0 Å². The number of nitrogens with one attached hydrogen (secondary N) is 1. The molecule has 7 heteroatoms. The molecule has 0 saturated heterocycles. The fourth-order valence-corrected chi connectivity index (χ4v) is 2.19. The van der Waals surface area contributed by atoms with Crippen LogP contribution in [0.5, 0.6) is 0 Å². The van der Waals surface area contributed by atoms with Crippen molar-refractivity contribution in [3.8, 4) is 0 Å². The molecule has 6 nitrogen and oxygen atoms in total. The van der Waals surface area contributed by atoms with Crippen LogP contribution in [0.2, 0.25) is 0 Å². The van der Waals surface area contributed by atoms with Crippen LogP contribution in [0.1, 0.15) is 18.6 Å². The smallest absolute Gasteiger partial charge is 0.175 e. The Labute approximate surface area is 119 Å². The van der Waals surface area contributed by atoms with Gasteiger partial charge in [0.05, 0.1) is 29.8 Å². The lowest BCUT2D eigenvalue weighted by Gasteiger charge is -2.27. The molecular formula is C13H21NO5S. The Morgan fingerprint density at radius 1 is 1.20 bits per heavy atom. The van der Waals surface area contributed by atoms with E-state index in [0.29, 0.717) is 5.56 Å². The summed E-state index contributed by atoms with van der Waals surface area (Å²) in [5.74, 6) is 0. The summed E-state index contributed by atoms with van der Waals surface area (Å²) in [4.78, 5) is 0.192. The lowest BCUT2D eigenvalue weighted by molar-refractivity contribution is 0.0846. The number of sulfone groups is 1. The zero-order valence-electron chi connectivity index (χ0n) is 11.6. The summed E-state index contributed by atoms with van der Waals surface area (Å²) in [5.41, 5.74) is -0.309. The highest BCUT2D eigenvalue weighted by Crippen LogP contribution is 2.16. The van der Waals surface area contributed by atoms with Gasteiger partial charge in [0.25, 0.3) is 0 Å². The average molecular weight is 303 g/mol. The highest BCUT2D eigenvalue weighted by atomic mass is 32.2.